The molecule has 1 heterocycles. The molecular weight excluding hydrogens is 304 g/mol. The molecule has 1 saturated heterocycles. The maximum atomic E-state index is 12.2. The zero-order valence-electron chi connectivity index (χ0n) is 12.7. The van der Waals surface area contributed by atoms with Gasteiger partial charge in [0.15, 0.2) is 6.61 Å². The molecule has 0 spiro atoms. The quantitative estimate of drug-likeness (QED) is 0.903. The Morgan fingerprint density at radius 1 is 1.23 bits per heavy atom. The van der Waals surface area contributed by atoms with Crippen molar-refractivity contribution in [2.75, 3.05) is 19.7 Å². The fourth-order valence-electron chi connectivity index (χ4n) is 2.41. The predicted molar refractivity (Wildman–Crippen MR) is 85.0 cm³/mol. The molecular formula is C16H21ClN2O3. The van der Waals surface area contributed by atoms with Gasteiger partial charge in [-0.3, -0.25) is 9.59 Å². The van der Waals surface area contributed by atoms with Crippen molar-refractivity contribution in [2.24, 2.45) is 0 Å². The number of ether oxygens (including phenoxy) is 1. The van der Waals surface area contributed by atoms with Crippen LogP contribution in [0.4, 0.5) is 0 Å². The first-order valence-corrected chi connectivity index (χ1v) is 7.90. The maximum Gasteiger partial charge on any atom is 0.258 e. The van der Waals surface area contributed by atoms with Crippen molar-refractivity contribution >= 4 is 23.4 Å². The third-order valence-corrected chi connectivity index (χ3v) is 3.85. The van der Waals surface area contributed by atoms with Gasteiger partial charge < -0.3 is 15.0 Å². The first-order valence-electron chi connectivity index (χ1n) is 7.53. The van der Waals surface area contributed by atoms with E-state index < -0.39 is 6.04 Å². The van der Waals surface area contributed by atoms with Crippen LogP contribution in [-0.2, 0) is 9.59 Å². The van der Waals surface area contributed by atoms with Crippen LogP contribution in [0.15, 0.2) is 24.3 Å². The van der Waals surface area contributed by atoms with Crippen LogP contribution in [0.1, 0.15) is 26.2 Å². The minimum atomic E-state index is -0.528. The van der Waals surface area contributed by atoms with Gasteiger partial charge in [0.05, 0.1) is 0 Å². The van der Waals surface area contributed by atoms with Crippen molar-refractivity contribution in [1.29, 1.82) is 0 Å². The molecule has 1 aromatic rings. The van der Waals surface area contributed by atoms with Crippen LogP contribution in [0.2, 0.25) is 5.02 Å². The highest BCUT2D eigenvalue weighted by molar-refractivity contribution is 6.30. The van der Waals surface area contributed by atoms with E-state index >= 15 is 0 Å². The molecule has 1 fully saturated rings. The Balaban J connectivity index is 1.75. The van der Waals surface area contributed by atoms with Crippen LogP contribution in [0, 0.1) is 0 Å². The number of piperidine rings is 1. The van der Waals surface area contributed by atoms with Crippen molar-refractivity contribution < 1.29 is 14.3 Å². The number of carbonyl (C=O) groups is 2. The molecule has 0 radical (unpaired) electrons. The minimum Gasteiger partial charge on any atom is -0.484 e. The molecule has 0 saturated carbocycles. The number of nitrogens with one attached hydrogen (secondary N) is 1. The lowest BCUT2D eigenvalue weighted by atomic mass is 10.1. The van der Waals surface area contributed by atoms with E-state index in [0.29, 0.717) is 10.8 Å². The summed E-state index contributed by atoms with van der Waals surface area (Å²) in [6, 6.07) is 6.24. The maximum absolute atomic E-state index is 12.2. The van der Waals surface area contributed by atoms with E-state index in [9.17, 15) is 9.59 Å². The second-order valence-corrected chi connectivity index (χ2v) is 5.85. The smallest absolute Gasteiger partial charge is 0.258 e. The molecule has 120 valence electrons. The molecule has 0 aliphatic carbocycles. The second-order valence-electron chi connectivity index (χ2n) is 5.42. The highest BCUT2D eigenvalue weighted by Gasteiger charge is 2.23. The average molecular weight is 325 g/mol. The largest absolute Gasteiger partial charge is 0.484 e. The normalized spacial score (nSPS) is 16.0. The summed E-state index contributed by atoms with van der Waals surface area (Å²) in [6.45, 7) is 3.14. The predicted octanol–water partition coefficient (Wildman–Crippen LogP) is 2.24. The lowest BCUT2D eigenvalue weighted by molar-refractivity contribution is -0.137. The Kier molecular flexibility index (Phi) is 6.07. The van der Waals surface area contributed by atoms with Gasteiger partial charge in [-0.15, -0.1) is 0 Å². The standard InChI is InChI=1S/C16H21ClN2O3/c1-12(16(21)19-9-3-2-4-10-19)18-15(20)11-22-14-7-5-13(17)6-8-14/h5-8,12H,2-4,9-11H2,1H3,(H,18,20)/t12-/m1/s1. The summed E-state index contributed by atoms with van der Waals surface area (Å²) in [5.74, 6) is 0.224. The van der Waals surface area contributed by atoms with Crippen molar-refractivity contribution in [3.8, 4) is 5.75 Å². The van der Waals surface area contributed by atoms with Crippen molar-refractivity contribution in [3.63, 3.8) is 0 Å². The summed E-state index contributed by atoms with van der Waals surface area (Å²) in [6.07, 6.45) is 3.23. The van der Waals surface area contributed by atoms with Gasteiger partial charge in [-0.1, -0.05) is 11.6 Å². The zero-order valence-corrected chi connectivity index (χ0v) is 13.4. The van der Waals surface area contributed by atoms with E-state index in [2.05, 4.69) is 5.32 Å². The van der Waals surface area contributed by atoms with E-state index in [4.69, 9.17) is 16.3 Å². The number of hydrogen-bond acceptors (Lipinski definition) is 3. The van der Waals surface area contributed by atoms with Gasteiger partial charge in [0.25, 0.3) is 5.91 Å². The third-order valence-electron chi connectivity index (χ3n) is 3.60. The number of likely N-dealkylation sites (tertiary alicyclic amines) is 1. The lowest BCUT2D eigenvalue weighted by Gasteiger charge is -2.29. The van der Waals surface area contributed by atoms with Crippen LogP contribution in [0.25, 0.3) is 0 Å². The first-order chi connectivity index (χ1) is 10.6. The summed E-state index contributed by atoms with van der Waals surface area (Å²) in [4.78, 5) is 25.9. The number of nitrogens with zero attached hydrogens (tertiary/aromatic N) is 1. The molecule has 0 aromatic heterocycles. The van der Waals surface area contributed by atoms with Crippen LogP contribution in [0.5, 0.6) is 5.75 Å². The van der Waals surface area contributed by atoms with E-state index in [0.717, 1.165) is 25.9 Å². The fourth-order valence-corrected chi connectivity index (χ4v) is 2.54. The Hall–Kier alpha value is -1.75. The van der Waals surface area contributed by atoms with Gasteiger partial charge in [0.2, 0.25) is 5.91 Å². The summed E-state index contributed by atoms with van der Waals surface area (Å²) in [5, 5.41) is 3.29. The number of rotatable bonds is 5. The molecule has 2 amide bonds. The number of benzene rings is 1. The van der Waals surface area contributed by atoms with Crippen molar-refractivity contribution in [1.82, 2.24) is 10.2 Å². The molecule has 1 aliphatic heterocycles. The monoisotopic (exact) mass is 324 g/mol. The summed E-state index contributed by atoms with van der Waals surface area (Å²) < 4.78 is 5.35. The fraction of sp³-hybridized carbons (Fsp3) is 0.500. The van der Waals surface area contributed by atoms with Crippen LogP contribution < -0.4 is 10.1 Å². The Morgan fingerprint density at radius 3 is 2.50 bits per heavy atom. The lowest BCUT2D eigenvalue weighted by Crippen LogP contribution is -2.49. The van der Waals surface area contributed by atoms with Gasteiger partial charge >= 0.3 is 0 Å². The molecule has 0 bridgehead atoms. The van der Waals surface area contributed by atoms with Crippen LogP contribution in [-0.4, -0.2) is 42.5 Å². The molecule has 0 unspecified atom stereocenters. The number of amides is 2. The van der Waals surface area contributed by atoms with Crippen molar-refractivity contribution in [2.45, 2.75) is 32.2 Å². The van der Waals surface area contributed by atoms with Gasteiger partial charge in [-0.2, -0.15) is 0 Å². The number of carbonyl (C=O) groups excluding carboxylic acids is 2. The molecule has 2 rings (SSSR count). The number of hydrogen-bond donors (Lipinski definition) is 1. The van der Waals surface area contributed by atoms with E-state index in [1.807, 2.05) is 4.90 Å². The Labute approximate surface area is 135 Å². The average Bonchev–Trinajstić information content (AvgIpc) is 2.54. The summed E-state index contributed by atoms with van der Waals surface area (Å²) in [5.41, 5.74) is 0. The molecule has 6 heteroatoms. The Bertz CT molecular complexity index is 513. The second kappa shape index (κ2) is 8.03. The van der Waals surface area contributed by atoms with Crippen molar-refractivity contribution in [3.05, 3.63) is 29.3 Å². The van der Waals surface area contributed by atoms with Gasteiger partial charge in [-0.05, 0) is 50.5 Å². The molecule has 1 aromatic carbocycles. The highest BCUT2D eigenvalue weighted by atomic mass is 35.5. The minimum absolute atomic E-state index is 0.0282. The molecule has 1 atom stereocenters. The zero-order chi connectivity index (χ0) is 15.9. The van der Waals surface area contributed by atoms with Crippen LogP contribution >= 0.6 is 11.6 Å². The SMILES string of the molecule is C[C@@H](NC(=O)COc1ccc(Cl)cc1)C(=O)N1CCCCC1. The highest BCUT2D eigenvalue weighted by Crippen LogP contribution is 2.15. The van der Waals surface area contributed by atoms with E-state index in [-0.39, 0.29) is 18.4 Å². The van der Waals surface area contributed by atoms with Gasteiger partial charge in [0.1, 0.15) is 11.8 Å². The molecule has 1 aliphatic rings. The summed E-state index contributed by atoms with van der Waals surface area (Å²) >= 11 is 5.77. The van der Waals surface area contributed by atoms with Gasteiger partial charge in [0, 0.05) is 18.1 Å². The van der Waals surface area contributed by atoms with E-state index in [1.54, 1.807) is 31.2 Å². The number of halogens is 1. The summed E-state index contributed by atoms with van der Waals surface area (Å²) in [7, 11) is 0. The topological polar surface area (TPSA) is 58.6 Å². The van der Waals surface area contributed by atoms with Crippen LogP contribution in [0.3, 0.4) is 0 Å². The molecule has 22 heavy (non-hydrogen) atoms. The molecule has 1 N–H and O–H groups in total. The van der Waals surface area contributed by atoms with Gasteiger partial charge in [-0.25, -0.2) is 0 Å². The Morgan fingerprint density at radius 2 is 1.86 bits per heavy atom. The first kappa shape index (κ1) is 16.6. The molecule has 5 nitrogen and oxygen atoms in total. The van der Waals surface area contributed by atoms with E-state index in [1.165, 1.54) is 6.42 Å². The third kappa shape index (κ3) is 4.91.